The Balaban J connectivity index is 2.24. The molecule has 2 aromatic carbocycles. The summed E-state index contributed by atoms with van der Waals surface area (Å²) in [5.74, 6) is 0.370. The van der Waals surface area contributed by atoms with Crippen molar-refractivity contribution in [1.82, 2.24) is 0 Å². The third kappa shape index (κ3) is 2.20. The van der Waals surface area contributed by atoms with E-state index in [0.29, 0.717) is 11.1 Å². The maximum Gasteiger partial charge on any atom is 0.263 e. The fourth-order valence-corrected chi connectivity index (χ4v) is 2.05. The van der Waals surface area contributed by atoms with Crippen molar-refractivity contribution in [2.45, 2.75) is 6.43 Å². The molecule has 0 atom stereocenters. The number of hydrogen-bond donors (Lipinski definition) is 0. The quantitative estimate of drug-likeness (QED) is 0.692. The van der Waals surface area contributed by atoms with Crippen molar-refractivity contribution in [2.24, 2.45) is 0 Å². The topological polar surface area (TPSA) is 30.2 Å². The maximum atomic E-state index is 12.7. The van der Waals surface area contributed by atoms with E-state index in [0.717, 1.165) is 5.56 Å². The molecule has 20 heavy (non-hydrogen) atoms. The van der Waals surface area contributed by atoms with E-state index in [1.165, 1.54) is 24.3 Å². The van der Waals surface area contributed by atoms with Gasteiger partial charge in [0.2, 0.25) is 0 Å². The molecule has 1 heterocycles. The lowest BCUT2D eigenvalue weighted by atomic mass is 10.1. The molecule has 0 radical (unpaired) electrons. The zero-order chi connectivity index (χ0) is 14.1. The van der Waals surface area contributed by atoms with Crippen LogP contribution in [0.3, 0.4) is 0 Å². The summed E-state index contributed by atoms with van der Waals surface area (Å²) in [4.78, 5) is 12.0. The van der Waals surface area contributed by atoms with E-state index in [1.54, 1.807) is 12.1 Å². The van der Waals surface area contributed by atoms with Crippen LogP contribution in [0.25, 0.3) is 22.3 Å². The van der Waals surface area contributed by atoms with Crippen LogP contribution < -0.4 is 5.43 Å². The Kier molecular flexibility index (Phi) is 3.06. The van der Waals surface area contributed by atoms with Gasteiger partial charge in [-0.15, -0.1) is 0 Å². The predicted molar refractivity (Wildman–Crippen MR) is 72.9 cm³/mol. The van der Waals surface area contributed by atoms with Gasteiger partial charge in [-0.05, 0) is 12.1 Å². The molecule has 0 saturated heterocycles. The SMILES string of the molecule is O=c1cc(-c2ccccc2)oc2cc(C(F)F)ccc12. The van der Waals surface area contributed by atoms with Gasteiger partial charge in [0.15, 0.2) is 5.43 Å². The lowest BCUT2D eigenvalue weighted by Gasteiger charge is -2.05. The van der Waals surface area contributed by atoms with Crippen LogP contribution in [0.5, 0.6) is 0 Å². The molecule has 0 unspecified atom stereocenters. The standard InChI is InChI=1S/C16H10F2O2/c17-16(18)11-6-7-12-13(19)9-14(20-15(12)8-11)10-4-2-1-3-5-10/h1-9,16H. The summed E-state index contributed by atoms with van der Waals surface area (Å²) >= 11 is 0. The van der Waals surface area contributed by atoms with E-state index in [2.05, 4.69) is 0 Å². The van der Waals surface area contributed by atoms with Gasteiger partial charge in [0.25, 0.3) is 6.43 Å². The second kappa shape index (κ2) is 4.89. The van der Waals surface area contributed by atoms with Gasteiger partial charge >= 0.3 is 0 Å². The molecule has 2 nitrogen and oxygen atoms in total. The molecule has 0 aliphatic carbocycles. The average molecular weight is 272 g/mol. The van der Waals surface area contributed by atoms with Crippen molar-refractivity contribution in [3.63, 3.8) is 0 Å². The van der Waals surface area contributed by atoms with Gasteiger partial charge in [0.05, 0.1) is 5.39 Å². The molecule has 0 spiro atoms. The van der Waals surface area contributed by atoms with E-state index in [9.17, 15) is 13.6 Å². The molecule has 3 aromatic rings. The number of hydrogen-bond acceptors (Lipinski definition) is 2. The van der Waals surface area contributed by atoms with Crippen molar-refractivity contribution >= 4 is 11.0 Å². The normalized spacial score (nSPS) is 11.2. The van der Waals surface area contributed by atoms with Gasteiger partial charge in [-0.2, -0.15) is 0 Å². The van der Waals surface area contributed by atoms with Crippen LogP contribution in [0.15, 0.2) is 63.8 Å². The second-order valence-electron chi connectivity index (χ2n) is 4.40. The van der Waals surface area contributed by atoms with Gasteiger partial charge in [-0.25, -0.2) is 8.78 Å². The highest BCUT2D eigenvalue weighted by atomic mass is 19.3. The van der Waals surface area contributed by atoms with Gasteiger partial charge in [-0.1, -0.05) is 36.4 Å². The van der Waals surface area contributed by atoms with Crippen LogP contribution in [0.4, 0.5) is 8.78 Å². The summed E-state index contributed by atoms with van der Waals surface area (Å²) in [5.41, 5.74) is 0.500. The van der Waals surface area contributed by atoms with Crippen molar-refractivity contribution in [3.05, 3.63) is 70.4 Å². The second-order valence-corrected chi connectivity index (χ2v) is 4.40. The zero-order valence-electron chi connectivity index (χ0n) is 10.3. The number of halogens is 2. The largest absolute Gasteiger partial charge is 0.456 e. The molecule has 0 saturated carbocycles. The maximum absolute atomic E-state index is 12.7. The Morgan fingerprint density at radius 1 is 0.950 bits per heavy atom. The van der Waals surface area contributed by atoms with E-state index >= 15 is 0 Å². The molecule has 0 fully saturated rings. The molecule has 0 bridgehead atoms. The first kappa shape index (κ1) is 12.5. The molecular weight excluding hydrogens is 262 g/mol. The smallest absolute Gasteiger partial charge is 0.263 e. The fourth-order valence-electron chi connectivity index (χ4n) is 2.05. The Morgan fingerprint density at radius 3 is 2.40 bits per heavy atom. The molecule has 0 aliphatic rings. The van der Waals surface area contributed by atoms with E-state index in [-0.39, 0.29) is 16.6 Å². The number of rotatable bonds is 2. The fraction of sp³-hybridized carbons (Fsp3) is 0.0625. The summed E-state index contributed by atoms with van der Waals surface area (Å²) in [7, 11) is 0. The molecular formula is C16H10F2O2. The van der Waals surface area contributed by atoms with E-state index < -0.39 is 6.43 Å². The van der Waals surface area contributed by atoms with Crippen LogP contribution in [-0.2, 0) is 0 Å². The summed E-state index contributed by atoms with van der Waals surface area (Å²) in [5, 5.41) is 0.300. The summed E-state index contributed by atoms with van der Waals surface area (Å²) in [6, 6.07) is 14.3. The van der Waals surface area contributed by atoms with Crippen LogP contribution in [-0.4, -0.2) is 0 Å². The summed E-state index contributed by atoms with van der Waals surface area (Å²) in [6.45, 7) is 0. The lowest BCUT2D eigenvalue weighted by Crippen LogP contribution is -2.00. The van der Waals surface area contributed by atoms with Crippen LogP contribution in [0, 0.1) is 0 Å². The first-order valence-electron chi connectivity index (χ1n) is 6.06. The Labute approximate surface area is 113 Å². The van der Waals surface area contributed by atoms with Gasteiger partial charge in [-0.3, -0.25) is 4.79 Å². The third-order valence-corrected chi connectivity index (χ3v) is 3.06. The van der Waals surface area contributed by atoms with Gasteiger partial charge < -0.3 is 4.42 Å². The van der Waals surface area contributed by atoms with Crippen LogP contribution in [0.2, 0.25) is 0 Å². The molecule has 1 aromatic heterocycles. The van der Waals surface area contributed by atoms with Crippen LogP contribution in [0.1, 0.15) is 12.0 Å². The molecule has 3 rings (SSSR count). The minimum Gasteiger partial charge on any atom is -0.456 e. The number of alkyl halides is 2. The molecule has 100 valence electrons. The molecule has 0 amide bonds. The van der Waals surface area contributed by atoms with E-state index in [1.807, 2.05) is 18.2 Å². The van der Waals surface area contributed by atoms with E-state index in [4.69, 9.17) is 4.42 Å². The minimum absolute atomic E-state index is 0.161. The minimum atomic E-state index is -2.59. The Hall–Kier alpha value is -2.49. The molecule has 0 aliphatic heterocycles. The average Bonchev–Trinajstić information content (AvgIpc) is 2.47. The highest BCUT2D eigenvalue weighted by Gasteiger charge is 2.11. The number of benzene rings is 2. The monoisotopic (exact) mass is 272 g/mol. The van der Waals surface area contributed by atoms with Gasteiger partial charge in [0.1, 0.15) is 11.3 Å². The van der Waals surface area contributed by atoms with Crippen molar-refractivity contribution in [3.8, 4) is 11.3 Å². The number of fused-ring (bicyclic) bond motifs is 1. The van der Waals surface area contributed by atoms with Crippen molar-refractivity contribution in [1.29, 1.82) is 0 Å². The summed E-state index contributed by atoms with van der Waals surface area (Å²) in [6.07, 6.45) is -2.59. The molecule has 0 N–H and O–H groups in total. The van der Waals surface area contributed by atoms with Gasteiger partial charge in [0, 0.05) is 17.2 Å². The Morgan fingerprint density at radius 2 is 1.70 bits per heavy atom. The van der Waals surface area contributed by atoms with Crippen LogP contribution >= 0.6 is 0 Å². The highest BCUT2D eigenvalue weighted by Crippen LogP contribution is 2.25. The zero-order valence-corrected chi connectivity index (χ0v) is 10.3. The summed E-state index contributed by atoms with van der Waals surface area (Å²) < 4.78 is 31.0. The molecule has 4 heteroatoms. The van der Waals surface area contributed by atoms with Crippen molar-refractivity contribution in [2.75, 3.05) is 0 Å². The highest BCUT2D eigenvalue weighted by molar-refractivity contribution is 5.79. The Bertz CT molecular complexity index is 808. The third-order valence-electron chi connectivity index (χ3n) is 3.06. The van der Waals surface area contributed by atoms with Crippen molar-refractivity contribution < 1.29 is 13.2 Å². The first-order chi connectivity index (χ1) is 9.65. The predicted octanol–water partition coefficient (Wildman–Crippen LogP) is 4.40. The first-order valence-corrected chi connectivity index (χ1v) is 6.06. The lowest BCUT2D eigenvalue weighted by molar-refractivity contribution is 0.151.